The number of carbonyl (C=O) groups is 1. The summed E-state index contributed by atoms with van der Waals surface area (Å²) in [5.74, 6) is 0.540. The van der Waals surface area contributed by atoms with Crippen molar-refractivity contribution in [1.82, 2.24) is 4.98 Å². The van der Waals surface area contributed by atoms with E-state index in [2.05, 4.69) is 10.3 Å². The van der Waals surface area contributed by atoms with Gasteiger partial charge in [0.1, 0.15) is 11.6 Å². The minimum absolute atomic E-state index is 0.0474. The van der Waals surface area contributed by atoms with Crippen LogP contribution >= 0.6 is 22.9 Å². The van der Waals surface area contributed by atoms with Gasteiger partial charge in [0.15, 0.2) is 16.6 Å². The van der Waals surface area contributed by atoms with Crippen LogP contribution in [0.5, 0.6) is 11.5 Å². The first-order valence-electron chi connectivity index (χ1n) is 8.86. The molecular formula is C22H18ClN3O3S. The van der Waals surface area contributed by atoms with Crippen LogP contribution in [-0.4, -0.2) is 25.1 Å². The van der Waals surface area contributed by atoms with Gasteiger partial charge < -0.3 is 9.47 Å². The zero-order valence-corrected chi connectivity index (χ0v) is 17.9. The van der Waals surface area contributed by atoms with E-state index in [1.54, 1.807) is 24.4 Å². The Bertz CT molecular complexity index is 1130. The van der Waals surface area contributed by atoms with Crippen LogP contribution in [0, 0.1) is 11.3 Å². The number of amides is 1. The third kappa shape index (κ3) is 5.38. The number of anilines is 1. The first-order chi connectivity index (χ1) is 14.5. The van der Waals surface area contributed by atoms with Gasteiger partial charge in [-0.3, -0.25) is 10.1 Å². The average molecular weight is 440 g/mol. The summed E-state index contributed by atoms with van der Waals surface area (Å²) < 4.78 is 10.4. The van der Waals surface area contributed by atoms with Gasteiger partial charge in [-0.2, -0.15) is 5.26 Å². The molecule has 0 aliphatic carbocycles. The first-order valence-corrected chi connectivity index (χ1v) is 10.1. The molecule has 2 aromatic carbocycles. The fourth-order valence-electron chi connectivity index (χ4n) is 2.72. The van der Waals surface area contributed by atoms with E-state index >= 15 is 0 Å². The molecule has 0 fully saturated rings. The zero-order valence-electron chi connectivity index (χ0n) is 16.3. The van der Waals surface area contributed by atoms with E-state index < -0.39 is 5.91 Å². The van der Waals surface area contributed by atoms with Crippen LogP contribution in [0.2, 0.25) is 5.02 Å². The molecule has 1 aromatic heterocycles. The minimum Gasteiger partial charge on any atom is -0.493 e. The molecule has 0 saturated heterocycles. The molecule has 1 amide bonds. The van der Waals surface area contributed by atoms with E-state index in [0.29, 0.717) is 33.6 Å². The fraction of sp³-hybridized carbons (Fsp3) is 0.136. The second-order valence-corrected chi connectivity index (χ2v) is 7.73. The maximum atomic E-state index is 12.5. The summed E-state index contributed by atoms with van der Waals surface area (Å²) in [5, 5.41) is 13.2. The molecule has 30 heavy (non-hydrogen) atoms. The van der Waals surface area contributed by atoms with Gasteiger partial charge in [0, 0.05) is 22.5 Å². The lowest BCUT2D eigenvalue weighted by molar-refractivity contribution is -0.112. The molecule has 6 nitrogen and oxygen atoms in total. The molecule has 0 saturated carbocycles. The van der Waals surface area contributed by atoms with Crippen LogP contribution in [0.3, 0.4) is 0 Å². The summed E-state index contributed by atoms with van der Waals surface area (Å²) in [6.45, 7) is 0. The maximum absolute atomic E-state index is 12.5. The molecule has 0 unspecified atom stereocenters. The smallest absolute Gasteiger partial charge is 0.268 e. The highest BCUT2D eigenvalue weighted by atomic mass is 35.5. The van der Waals surface area contributed by atoms with Crippen LogP contribution < -0.4 is 14.8 Å². The Morgan fingerprint density at radius 3 is 2.73 bits per heavy atom. The minimum atomic E-state index is -0.532. The van der Waals surface area contributed by atoms with E-state index in [9.17, 15) is 10.1 Å². The van der Waals surface area contributed by atoms with Crippen LogP contribution in [0.15, 0.2) is 54.2 Å². The van der Waals surface area contributed by atoms with E-state index in [1.807, 2.05) is 30.3 Å². The molecule has 0 bridgehead atoms. The van der Waals surface area contributed by atoms with Crippen molar-refractivity contribution < 1.29 is 14.3 Å². The van der Waals surface area contributed by atoms with Gasteiger partial charge >= 0.3 is 0 Å². The van der Waals surface area contributed by atoms with Crippen LogP contribution in [-0.2, 0) is 11.2 Å². The quantitative estimate of drug-likeness (QED) is 0.416. The number of nitrogens with one attached hydrogen (secondary N) is 1. The lowest BCUT2D eigenvalue weighted by Crippen LogP contribution is -2.13. The Labute approximate surface area is 183 Å². The summed E-state index contributed by atoms with van der Waals surface area (Å²) in [6.07, 6.45) is 3.84. The van der Waals surface area contributed by atoms with E-state index in [-0.39, 0.29) is 5.57 Å². The van der Waals surface area contributed by atoms with Crippen LogP contribution in [0.4, 0.5) is 5.13 Å². The number of rotatable bonds is 7. The van der Waals surface area contributed by atoms with E-state index in [4.69, 9.17) is 21.1 Å². The van der Waals surface area contributed by atoms with Gasteiger partial charge in [0.2, 0.25) is 0 Å². The summed E-state index contributed by atoms with van der Waals surface area (Å²) in [4.78, 5) is 17.7. The summed E-state index contributed by atoms with van der Waals surface area (Å²) in [7, 11) is 3.06. The number of halogens is 1. The number of ether oxygens (including phenoxy) is 2. The number of benzene rings is 2. The van der Waals surface area contributed by atoms with Crippen molar-refractivity contribution in [2.45, 2.75) is 6.42 Å². The van der Waals surface area contributed by atoms with Crippen molar-refractivity contribution in [2.24, 2.45) is 0 Å². The molecule has 8 heteroatoms. The van der Waals surface area contributed by atoms with Crippen molar-refractivity contribution in [2.75, 3.05) is 19.5 Å². The molecule has 152 valence electrons. The number of aromatic nitrogens is 1. The Hall–Kier alpha value is -3.34. The second-order valence-electron chi connectivity index (χ2n) is 6.18. The van der Waals surface area contributed by atoms with Gasteiger partial charge in [-0.05, 0) is 41.5 Å². The van der Waals surface area contributed by atoms with Gasteiger partial charge in [-0.1, -0.05) is 29.8 Å². The lowest BCUT2D eigenvalue weighted by Gasteiger charge is -2.08. The Morgan fingerprint density at radius 1 is 1.23 bits per heavy atom. The molecule has 1 N–H and O–H groups in total. The zero-order chi connectivity index (χ0) is 21.5. The fourth-order valence-corrected chi connectivity index (χ4v) is 3.77. The van der Waals surface area contributed by atoms with Gasteiger partial charge in [0.25, 0.3) is 5.91 Å². The number of nitrogens with zero attached hydrogens (tertiary/aromatic N) is 2. The first kappa shape index (κ1) is 21.4. The normalized spacial score (nSPS) is 10.9. The van der Waals surface area contributed by atoms with Crippen molar-refractivity contribution in [3.05, 3.63) is 75.3 Å². The molecule has 0 aliphatic rings. The Balaban J connectivity index is 1.72. The molecular weight excluding hydrogens is 422 g/mol. The standard InChI is InChI=1S/C22H18ClN3O3S/c1-28-19-7-6-15(11-20(19)29-2)8-16(12-24)21(27)26-22-25-13-18(30-22)10-14-4-3-5-17(23)9-14/h3-9,11,13H,10H2,1-2H3,(H,25,26,27)/b16-8-. The van der Waals surface area contributed by atoms with Gasteiger partial charge in [-0.25, -0.2) is 4.98 Å². The number of carbonyl (C=O) groups excluding carboxylic acids is 1. The molecule has 3 rings (SSSR count). The SMILES string of the molecule is COc1ccc(/C=C(/C#N)C(=O)Nc2ncc(Cc3cccc(Cl)c3)s2)cc1OC. The molecule has 0 radical (unpaired) electrons. The summed E-state index contributed by atoms with van der Waals surface area (Å²) in [6, 6.07) is 14.6. The number of hydrogen-bond acceptors (Lipinski definition) is 6. The van der Waals surface area contributed by atoms with E-state index in [1.165, 1.54) is 31.6 Å². The Morgan fingerprint density at radius 2 is 2.03 bits per heavy atom. The van der Waals surface area contributed by atoms with Crippen molar-refractivity contribution in [3.8, 4) is 17.6 Å². The topological polar surface area (TPSA) is 84.2 Å². The van der Waals surface area contributed by atoms with Crippen molar-refractivity contribution in [1.29, 1.82) is 5.26 Å². The monoisotopic (exact) mass is 439 g/mol. The number of hydrogen-bond donors (Lipinski definition) is 1. The summed E-state index contributed by atoms with van der Waals surface area (Å²) >= 11 is 7.37. The second kappa shape index (κ2) is 9.92. The average Bonchev–Trinajstić information content (AvgIpc) is 3.18. The van der Waals surface area contributed by atoms with Gasteiger partial charge in [0.05, 0.1) is 14.2 Å². The van der Waals surface area contributed by atoms with Crippen LogP contribution in [0.25, 0.3) is 6.08 Å². The third-order valence-corrected chi connectivity index (χ3v) is 5.27. The lowest BCUT2D eigenvalue weighted by atomic mass is 10.1. The highest BCUT2D eigenvalue weighted by Crippen LogP contribution is 2.28. The third-order valence-electron chi connectivity index (χ3n) is 4.13. The van der Waals surface area contributed by atoms with Crippen LogP contribution in [0.1, 0.15) is 16.0 Å². The number of thiazole rings is 1. The number of methoxy groups -OCH3 is 2. The van der Waals surface area contributed by atoms with E-state index in [0.717, 1.165) is 10.4 Å². The van der Waals surface area contributed by atoms with Crippen molar-refractivity contribution in [3.63, 3.8) is 0 Å². The highest BCUT2D eigenvalue weighted by Gasteiger charge is 2.13. The Kier molecular flexibility index (Phi) is 7.07. The molecule has 0 atom stereocenters. The predicted octanol–water partition coefficient (Wildman–Crippen LogP) is 4.95. The number of nitriles is 1. The largest absolute Gasteiger partial charge is 0.493 e. The molecule has 0 spiro atoms. The van der Waals surface area contributed by atoms with Crippen molar-refractivity contribution >= 4 is 40.1 Å². The summed E-state index contributed by atoms with van der Waals surface area (Å²) in [5.41, 5.74) is 1.64. The molecule has 0 aliphatic heterocycles. The molecule has 1 heterocycles. The highest BCUT2D eigenvalue weighted by molar-refractivity contribution is 7.15. The maximum Gasteiger partial charge on any atom is 0.268 e. The van der Waals surface area contributed by atoms with Gasteiger partial charge in [-0.15, -0.1) is 11.3 Å². The molecule has 3 aromatic rings. The predicted molar refractivity (Wildman–Crippen MR) is 118 cm³/mol.